The Bertz CT molecular complexity index is 847. The van der Waals surface area contributed by atoms with Crippen LogP contribution in [0.4, 0.5) is 0 Å². The molecule has 1 aliphatic rings. The van der Waals surface area contributed by atoms with Crippen molar-refractivity contribution in [1.29, 1.82) is 0 Å². The first-order valence-corrected chi connectivity index (χ1v) is 8.53. The normalized spacial score (nSPS) is 17.4. The van der Waals surface area contributed by atoms with Crippen molar-refractivity contribution in [2.75, 3.05) is 13.1 Å². The highest BCUT2D eigenvalue weighted by molar-refractivity contribution is 5.75. The molecule has 1 fully saturated rings. The Morgan fingerprint density at radius 3 is 2.77 bits per heavy atom. The zero-order valence-corrected chi connectivity index (χ0v) is 14.2. The fourth-order valence-electron chi connectivity index (χ4n) is 3.48. The third kappa shape index (κ3) is 3.25. The number of hydrogen-bond acceptors (Lipinski definition) is 6. The lowest BCUT2D eigenvalue weighted by Crippen LogP contribution is -2.45. The van der Waals surface area contributed by atoms with Gasteiger partial charge in [0.1, 0.15) is 11.5 Å². The van der Waals surface area contributed by atoms with Crippen molar-refractivity contribution in [2.24, 2.45) is 5.41 Å². The molecule has 0 unspecified atom stereocenters. The van der Waals surface area contributed by atoms with E-state index in [4.69, 9.17) is 4.42 Å². The van der Waals surface area contributed by atoms with Gasteiger partial charge < -0.3 is 9.52 Å². The fourth-order valence-corrected chi connectivity index (χ4v) is 3.48. The van der Waals surface area contributed by atoms with Crippen molar-refractivity contribution < 1.29 is 14.3 Å². The van der Waals surface area contributed by atoms with E-state index in [0.29, 0.717) is 44.6 Å². The number of aromatic nitrogens is 5. The highest BCUT2D eigenvalue weighted by Gasteiger charge is 2.42. The lowest BCUT2D eigenvalue weighted by molar-refractivity contribution is -0.152. The number of piperidine rings is 1. The lowest BCUT2D eigenvalue weighted by atomic mass is 9.75. The van der Waals surface area contributed by atoms with Gasteiger partial charge >= 0.3 is 5.97 Å². The minimum atomic E-state index is -0.780. The number of carbonyl (C=O) groups is 1. The molecular formula is C17H20N6O3. The monoisotopic (exact) mass is 356 g/mol. The first kappa shape index (κ1) is 16.5. The molecule has 3 aromatic heterocycles. The summed E-state index contributed by atoms with van der Waals surface area (Å²) in [6.07, 6.45) is 4.82. The van der Waals surface area contributed by atoms with Crippen LogP contribution in [0.2, 0.25) is 0 Å². The molecule has 4 rings (SSSR count). The van der Waals surface area contributed by atoms with Gasteiger partial charge in [0, 0.05) is 12.6 Å². The zero-order chi connectivity index (χ0) is 18.0. The van der Waals surface area contributed by atoms with E-state index in [2.05, 4.69) is 30.5 Å². The van der Waals surface area contributed by atoms with Crippen LogP contribution >= 0.6 is 0 Å². The van der Waals surface area contributed by atoms with Gasteiger partial charge in [0.05, 0.1) is 23.9 Å². The molecular weight excluding hydrogens is 336 g/mol. The summed E-state index contributed by atoms with van der Waals surface area (Å²) in [5, 5.41) is 26.9. The number of nitrogens with zero attached hydrogens (tertiary/aromatic N) is 4. The van der Waals surface area contributed by atoms with Crippen LogP contribution in [0.15, 0.2) is 35.0 Å². The van der Waals surface area contributed by atoms with Gasteiger partial charge in [0.25, 0.3) is 0 Å². The summed E-state index contributed by atoms with van der Waals surface area (Å²) in [6, 6.07) is 5.72. The van der Waals surface area contributed by atoms with Gasteiger partial charge in [-0.2, -0.15) is 20.5 Å². The molecule has 1 aliphatic heterocycles. The van der Waals surface area contributed by atoms with Crippen LogP contribution in [0.1, 0.15) is 24.3 Å². The van der Waals surface area contributed by atoms with Crippen molar-refractivity contribution in [3.8, 4) is 11.5 Å². The second-order valence-electron chi connectivity index (χ2n) is 6.74. The molecule has 9 heteroatoms. The topological polar surface area (TPSA) is 124 Å². The molecule has 0 bridgehead atoms. The molecule has 0 radical (unpaired) electrons. The van der Waals surface area contributed by atoms with Gasteiger partial charge in [-0.3, -0.25) is 14.8 Å². The number of rotatable bonds is 6. The number of carboxylic acid groups (broad SMARTS) is 1. The number of furan rings is 1. The van der Waals surface area contributed by atoms with Crippen LogP contribution in [-0.4, -0.2) is 54.7 Å². The Morgan fingerprint density at radius 1 is 1.27 bits per heavy atom. The standard InChI is InChI=1S/C17H20N6O3/c24-16(25)17(9-12-10-19-22-20-12)4-7-23(8-5-17)11-13-1-2-15(26-13)14-3-6-18-21-14/h1-3,6,10H,4-5,7-9,11H2,(H,18,21)(H,24,25)(H,19,20,22). The van der Waals surface area contributed by atoms with E-state index in [1.165, 1.54) is 0 Å². The van der Waals surface area contributed by atoms with Crippen LogP contribution in [-0.2, 0) is 17.8 Å². The molecule has 4 heterocycles. The number of hydrogen-bond donors (Lipinski definition) is 3. The Morgan fingerprint density at radius 2 is 2.12 bits per heavy atom. The van der Waals surface area contributed by atoms with E-state index >= 15 is 0 Å². The van der Waals surface area contributed by atoms with Crippen LogP contribution < -0.4 is 0 Å². The van der Waals surface area contributed by atoms with Gasteiger partial charge in [0.15, 0.2) is 5.76 Å². The molecule has 1 saturated heterocycles. The van der Waals surface area contributed by atoms with Crippen molar-refractivity contribution in [2.45, 2.75) is 25.8 Å². The Labute approximate surface area is 149 Å². The Balaban J connectivity index is 1.39. The van der Waals surface area contributed by atoms with E-state index in [0.717, 1.165) is 17.2 Å². The molecule has 0 spiro atoms. The summed E-state index contributed by atoms with van der Waals surface area (Å²) in [7, 11) is 0. The molecule has 0 aromatic carbocycles. The molecule has 136 valence electrons. The van der Waals surface area contributed by atoms with Crippen LogP contribution in [0.3, 0.4) is 0 Å². The highest BCUT2D eigenvalue weighted by Crippen LogP contribution is 2.35. The average molecular weight is 356 g/mol. The molecule has 0 amide bonds. The third-order valence-electron chi connectivity index (χ3n) is 5.06. The summed E-state index contributed by atoms with van der Waals surface area (Å²) in [5.41, 5.74) is 0.751. The Hall–Kier alpha value is -2.94. The quantitative estimate of drug-likeness (QED) is 0.614. The molecule has 0 saturated carbocycles. The summed E-state index contributed by atoms with van der Waals surface area (Å²) in [4.78, 5) is 14.1. The van der Waals surface area contributed by atoms with Gasteiger partial charge in [-0.1, -0.05) is 0 Å². The van der Waals surface area contributed by atoms with E-state index in [1.807, 2.05) is 18.2 Å². The zero-order valence-electron chi connectivity index (χ0n) is 14.2. The Kier molecular flexibility index (Phi) is 4.29. The smallest absolute Gasteiger partial charge is 0.310 e. The first-order valence-electron chi connectivity index (χ1n) is 8.53. The number of nitrogens with one attached hydrogen (secondary N) is 2. The molecule has 3 N–H and O–H groups in total. The highest BCUT2D eigenvalue weighted by atomic mass is 16.4. The van der Waals surface area contributed by atoms with Gasteiger partial charge in [-0.05, 0) is 44.1 Å². The van der Waals surface area contributed by atoms with E-state index < -0.39 is 11.4 Å². The number of aliphatic carboxylic acids is 1. The van der Waals surface area contributed by atoms with Gasteiger partial charge in [-0.25, -0.2) is 0 Å². The lowest BCUT2D eigenvalue weighted by Gasteiger charge is -2.38. The number of aromatic amines is 2. The van der Waals surface area contributed by atoms with Crippen molar-refractivity contribution in [1.82, 2.24) is 30.5 Å². The summed E-state index contributed by atoms with van der Waals surface area (Å²) in [5.74, 6) is 0.842. The maximum atomic E-state index is 11.9. The number of likely N-dealkylation sites (tertiary alicyclic amines) is 1. The van der Waals surface area contributed by atoms with Gasteiger partial charge in [-0.15, -0.1) is 0 Å². The number of carboxylic acids is 1. The second kappa shape index (κ2) is 6.75. The molecule has 26 heavy (non-hydrogen) atoms. The van der Waals surface area contributed by atoms with Crippen LogP contribution in [0, 0.1) is 5.41 Å². The molecule has 9 nitrogen and oxygen atoms in total. The van der Waals surface area contributed by atoms with E-state index in [-0.39, 0.29) is 0 Å². The summed E-state index contributed by atoms with van der Waals surface area (Å²) in [6.45, 7) is 2.06. The summed E-state index contributed by atoms with van der Waals surface area (Å²) >= 11 is 0. The predicted molar refractivity (Wildman–Crippen MR) is 91.0 cm³/mol. The SMILES string of the molecule is O=C(O)C1(Cc2cn[nH]n2)CCN(Cc2ccc(-c3ccn[nH]3)o2)CC1. The predicted octanol–water partition coefficient (Wildman–Crippen LogP) is 1.70. The van der Waals surface area contributed by atoms with E-state index in [1.54, 1.807) is 12.4 Å². The maximum absolute atomic E-state index is 11.9. The molecule has 3 aromatic rings. The van der Waals surface area contributed by atoms with Crippen molar-refractivity contribution in [3.63, 3.8) is 0 Å². The van der Waals surface area contributed by atoms with Crippen molar-refractivity contribution >= 4 is 5.97 Å². The molecule has 0 aliphatic carbocycles. The molecule has 0 atom stereocenters. The summed E-state index contributed by atoms with van der Waals surface area (Å²) < 4.78 is 5.86. The minimum absolute atomic E-state index is 0.400. The third-order valence-corrected chi connectivity index (χ3v) is 5.06. The van der Waals surface area contributed by atoms with Gasteiger partial charge in [0.2, 0.25) is 0 Å². The van der Waals surface area contributed by atoms with Crippen LogP contribution in [0.5, 0.6) is 0 Å². The number of H-pyrrole nitrogens is 2. The fraction of sp³-hybridized carbons (Fsp3) is 0.412. The second-order valence-corrected chi connectivity index (χ2v) is 6.74. The maximum Gasteiger partial charge on any atom is 0.310 e. The van der Waals surface area contributed by atoms with E-state index in [9.17, 15) is 9.90 Å². The first-order chi connectivity index (χ1) is 12.6. The van der Waals surface area contributed by atoms with Crippen molar-refractivity contribution in [3.05, 3.63) is 42.0 Å². The average Bonchev–Trinajstić information content (AvgIpc) is 3.39. The largest absolute Gasteiger partial charge is 0.481 e. The van der Waals surface area contributed by atoms with Crippen LogP contribution in [0.25, 0.3) is 11.5 Å². The minimum Gasteiger partial charge on any atom is -0.481 e.